The van der Waals surface area contributed by atoms with Gasteiger partial charge in [0.1, 0.15) is 5.75 Å². The van der Waals surface area contributed by atoms with Crippen LogP contribution in [0.5, 0.6) is 5.75 Å². The van der Waals surface area contributed by atoms with E-state index in [9.17, 15) is 8.42 Å². The van der Waals surface area contributed by atoms with Crippen molar-refractivity contribution in [3.8, 4) is 5.75 Å². The van der Waals surface area contributed by atoms with Crippen LogP contribution in [0.2, 0.25) is 0 Å². The molecule has 1 aromatic carbocycles. The minimum Gasteiger partial charge on any atom is -0.497 e. The van der Waals surface area contributed by atoms with Crippen LogP contribution in [0.15, 0.2) is 24.3 Å². The molecular weight excluding hydrogens is 212 g/mol. The fraction of sp³-hybridized carbons (Fsp3) is 0.455. The van der Waals surface area contributed by atoms with E-state index in [-0.39, 0.29) is 5.92 Å². The highest BCUT2D eigenvalue weighted by atomic mass is 32.2. The summed E-state index contributed by atoms with van der Waals surface area (Å²) >= 11 is 0. The van der Waals surface area contributed by atoms with E-state index in [0.717, 1.165) is 17.7 Å². The Kier molecular flexibility index (Phi) is 2.69. The molecule has 0 saturated carbocycles. The topological polar surface area (TPSA) is 43.4 Å². The zero-order valence-electron chi connectivity index (χ0n) is 8.64. The van der Waals surface area contributed by atoms with E-state index in [1.54, 1.807) is 7.11 Å². The number of rotatable bonds is 2. The Hall–Kier alpha value is -1.03. The summed E-state index contributed by atoms with van der Waals surface area (Å²) in [5, 5.41) is 0. The van der Waals surface area contributed by atoms with Gasteiger partial charge in [0.25, 0.3) is 0 Å². The molecule has 1 atom stereocenters. The summed E-state index contributed by atoms with van der Waals surface area (Å²) in [6, 6.07) is 7.65. The highest BCUT2D eigenvalue weighted by Gasteiger charge is 2.28. The highest BCUT2D eigenvalue weighted by molar-refractivity contribution is 7.91. The van der Waals surface area contributed by atoms with E-state index in [1.807, 2.05) is 24.3 Å². The maximum Gasteiger partial charge on any atom is 0.150 e. The SMILES string of the molecule is COc1ccc(C2CCS(=O)(=O)C2)cc1. The first-order chi connectivity index (χ1) is 7.11. The molecule has 82 valence electrons. The summed E-state index contributed by atoms with van der Waals surface area (Å²) in [5.41, 5.74) is 1.09. The van der Waals surface area contributed by atoms with Crippen LogP contribution < -0.4 is 4.74 Å². The summed E-state index contributed by atoms with van der Waals surface area (Å²) < 4.78 is 27.7. The van der Waals surface area contributed by atoms with Gasteiger partial charge >= 0.3 is 0 Å². The molecule has 15 heavy (non-hydrogen) atoms. The van der Waals surface area contributed by atoms with Gasteiger partial charge in [-0.2, -0.15) is 0 Å². The Bertz CT molecular complexity index is 433. The van der Waals surface area contributed by atoms with E-state index in [1.165, 1.54) is 0 Å². The summed E-state index contributed by atoms with van der Waals surface area (Å²) in [4.78, 5) is 0. The fourth-order valence-electron chi connectivity index (χ4n) is 1.93. The minimum atomic E-state index is -2.79. The molecule has 0 aromatic heterocycles. The number of hydrogen-bond acceptors (Lipinski definition) is 3. The first-order valence-corrected chi connectivity index (χ1v) is 6.77. The Morgan fingerprint density at radius 2 is 1.93 bits per heavy atom. The Labute approximate surface area is 90.0 Å². The standard InChI is InChI=1S/C11H14O3S/c1-14-11-4-2-9(3-5-11)10-6-7-15(12,13)8-10/h2-5,10H,6-8H2,1H3. The summed E-state index contributed by atoms with van der Waals surface area (Å²) in [6.45, 7) is 0. The smallest absolute Gasteiger partial charge is 0.150 e. The van der Waals surface area contributed by atoms with Crippen molar-refractivity contribution in [2.75, 3.05) is 18.6 Å². The summed E-state index contributed by atoms with van der Waals surface area (Å²) in [5.74, 6) is 1.59. The zero-order chi connectivity index (χ0) is 10.9. The Morgan fingerprint density at radius 3 is 2.40 bits per heavy atom. The second kappa shape index (κ2) is 3.85. The number of sulfone groups is 1. The molecule has 2 rings (SSSR count). The lowest BCUT2D eigenvalue weighted by Gasteiger charge is -2.08. The van der Waals surface area contributed by atoms with Crippen LogP contribution in [0.25, 0.3) is 0 Å². The molecule has 1 aliphatic rings. The number of methoxy groups -OCH3 is 1. The van der Waals surface area contributed by atoms with Gasteiger partial charge in [-0.15, -0.1) is 0 Å². The predicted octanol–water partition coefficient (Wildman–Crippen LogP) is 1.60. The van der Waals surface area contributed by atoms with Gasteiger partial charge < -0.3 is 4.74 Å². The van der Waals surface area contributed by atoms with Gasteiger partial charge in [-0.05, 0) is 30.0 Å². The van der Waals surface area contributed by atoms with Crippen LogP contribution in [0.3, 0.4) is 0 Å². The molecule has 3 nitrogen and oxygen atoms in total. The van der Waals surface area contributed by atoms with Crippen molar-refractivity contribution in [2.45, 2.75) is 12.3 Å². The molecular formula is C11H14O3S. The van der Waals surface area contributed by atoms with Gasteiger partial charge in [-0.1, -0.05) is 12.1 Å². The zero-order valence-corrected chi connectivity index (χ0v) is 9.46. The third-order valence-electron chi connectivity index (χ3n) is 2.82. The number of ether oxygens (including phenoxy) is 1. The normalized spacial score (nSPS) is 23.9. The molecule has 1 aromatic rings. The summed E-state index contributed by atoms with van der Waals surface area (Å²) in [6.07, 6.45) is 0.745. The predicted molar refractivity (Wildman–Crippen MR) is 59.0 cm³/mol. The van der Waals surface area contributed by atoms with Crippen molar-refractivity contribution < 1.29 is 13.2 Å². The largest absolute Gasteiger partial charge is 0.497 e. The first-order valence-electron chi connectivity index (χ1n) is 4.95. The molecule has 0 bridgehead atoms. The molecule has 1 unspecified atom stereocenters. The van der Waals surface area contributed by atoms with E-state index in [0.29, 0.717) is 11.5 Å². The molecule has 0 N–H and O–H groups in total. The van der Waals surface area contributed by atoms with Crippen LogP contribution in [0.1, 0.15) is 17.9 Å². The van der Waals surface area contributed by atoms with Crippen molar-refractivity contribution in [3.63, 3.8) is 0 Å². The monoisotopic (exact) mass is 226 g/mol. The van der Waals surface area contributed by atoms with Crippen molar-refractivity contribution in [1.82, 2.24) is 0 Å². The van der Waals surface area contributed by atoms with Crippen LogP contribution >= 0.6 is 0 Å². The van der Waals surface area contributed by atoms with Gasteiger partial charge in [0.2, 0.25) is 0 Å². The maximum atomic E-state index is 11.3. The van der Waals surface area contributed by atoms with Crippen molar-refractivity contribution in [2.24, 2.45) is 0 Å². The van der Waals surface area contributed by atoms with E-state index < -0.39 is 9.84 Å². The average Bonchev–Trinajstić information content (AvgIpc) is 2.59. The fourth-order valence-corrected chi connectivity index (χ4v) is 3.72. The molecule has 1 fully saturated rings. The average molecular weight is 226 g/mol. The van der Waals surface area contributed by atoms with Crippen molar-refractivity contribution in [1.29, 1.82) is 0 Å². The highest BCUT2D eigenvalue weighted by Crippen LogP contribution is 2.29. The van der Waals surface area contributed by atoms with E-state index >= 15 is 0 Å². The van der Waals surface area contributed by atoms with Crippen LogP contribution in [0.4, 0.5) is 0 Å². The molecule has 1 aliphatic heterocycles. The lowest BCUT2D eigenvalue weighted by Crippen LogP contribution is -2.03. The molecule has 1 saturated heterocycles. The molecule has 0 radical (unpaired) electrons. The Morgan fingerprint density at radius 1 is 1.27 bits per heavy atom. The summed E-state index contributed by atoms with van der Waals surface area (Å²) in [7, 11) is -1.17. The number of hydrogen-bond donors (Lipinski definition) is 0. The van der Waals surface area contributed by atoms with Gasteiger partial charge in [-0.3, -0.25) is 0 Å². The molecule has 0 spiro atoms. The lowest BCUT2D eigenvalue weighted by molar-refractivity contribution is 0.414. The van der Waals surface area contributed by atoms with Crippen LogP contribution in [0, 0.1) is 0 Å². The minimum absolute atomic E-state index is 0.168. The first kappa shape index (κ1) is 10.5. The second-order valence-electron chi connectivity index (χ2n) is 3.87. The number of benzene rings is 1. The molecule has 4 heteroatoms. The van der Waals surface area contributed by atoms with Gasteiger partial charge in [-0.25, -0.2) is 8.42 Å². The maximum absolute atomic E-state index is 11.3. The molecule has 1 heterocycles. The quantitative estimate of drug-likeness (QED) is 0.769. The van der Waals surface area contributed by atoms with Crippen molar-refractivity contribution >= 4 is 9.84 Å². The van der Waals surface area contributed by atoms with Gasteiger partial charge in [0.15, 0.2) is 9.84 Å². The second-order valence-corrected chi connectivity index (χ2v) is 6.10. The third-order valence-corrected chi connectivity index (χ3v) is 4.59. The third kappa shape index (κ3) is 2.31. The van der Waals surface area contributed by atoms with Crippen LogP contribution in [-0.4, -0.2) is 27.0 Å². The van der Waals surface area contributed by atoms with E-state index in [2.05, 4.69) is 0 Å². The molecule has 0 aliphatic carbocycles. The van der Waals surface area contributed by atoms with Gasteiger partial charge in [0, 0.05) is 0 Å². The molecule has 0 amide bonds. The van der Waals surface area contributed by atoms with Crippen molar-refractivity contribution in [3.05, 3.63) is 29.8 Å². The van der Waals surface area contributed by atoms with E-state index in [4.69, 9.17) is 4.74 Å². The lowest BCUT2D eigenvalue weighted by atomic mass is 9.99. The van der Waals surface area contributed by atoms with Gasteiger partial charge in [0.05, 0.1) is 18.6 Å². The Balaban J connectivity index is 2.17. The van der Waals surface area contributed by atoms with Crippen LogP contribution in [-0.2, 0) is 9.84 Å².